The predicted octanol–water partition coefficient (Wildman–Crippen LogP) is 5.39. The maximum Gasteiger partial charge on any atom is 0.416 e. The lowest BCUT2D eigenvalue weighted by atomic mass is 10.0. The molecular formula is C20H13F6N3O5S2. The normalized spacial score (nSPS) is 11.9. The molecule has 0 atom stereocenters. The Kier molecular flexibility index (Phi) is 8.08. The van der Waals surface area contributed by atoms with Gasteiger partial charge < -0.3 is 14.5 Å². The Morgan fingerprint density at radius 2 is 1.69 bits per heavy atom. The second-order valence-corrected chi connectivity index (χ2v) is 9.02. The first kappa shape index (κ1) is 27.2. The van der Waals surface area contributed by atoms with Crippen LogP contribution in [0.15, 0.2) is 44.1 Å². The minimum atomic E-state index is -5.16. The fraction of sp³-hybridized carbons (Fsp3) is 0.250. The largest absolute Gasteiger partial charge is 0.464 e. The Bertz CT molecular complexity index is 1300. The molecule has 192 valence electrons. The van der Waals surface area contributed by atoms with Gasteiger partial charge in [0.25, 0.3) is 0 Å². The van der Waals surface area contributed by atoms with Gasteiger partial charge in [0.1, 0.15) is 12.0 Å². The third kappa shape index (κ3) is 7.07. The van der Waals surface area contributed by atoms with Gasteiger partial charge in [-0.2, -0.15) is 26.3 Å². The fourth-order valence-electron chi connectivity index (χ4n) is 2.48. The van der Waals surface area contributed by atoms with Crippen molar-refractivity contribution < 1.29 is 45.1 Å². The van der Waals surface area contributed by atoms with Crippen molar-refractivity contribution in [3.05, 3.63) is 63.2 Å². The number of alkyl halides is 6. The fourth-order valence-corrected chi connectivity index (χ4v) is 4.14. The molecule has 16 heteroatoms. The number of thioether (sulfide) groups is 1. The summed E-state index contributed by atoms with van der Waals surface area (Å²) in [6, 6.07) is 1.16. The minimum Gasteiger partial charge on any atom is -0.464 e. The average molecular weight is 553 g/mol. The van der Waals surface area contributed by atoms with Crippen molar-refractivity contribution in [2.75, 3.05) is 5.32 Å². The molecule has 0 saturated carbocycles. The number of benzene rings is 1. The van der Waals surface area contributed by atoms with Gasteiger partial charge in [0.15, 0.2) is 4.34 Å². The minimum absolute atomic E-state index is 0.0718. The van der Waals surface area contributed by atoms with Crippen LogP contribution >= 0.6 is 23.1 Å². The summed E-state index contributed by atoms with van der Waals surface area (Å²) in [6.07, 6.45) is -9.36. The van der Waals surface area contributed by atoms with Crippen molar-refractivity contribution in [1.29, 1.82) is 0 Å². The molecule has 0 spiro atoms. The Balaban J connectivity index is 1.72. The maximum atomic E-state index is 13.0. The van der Waals surface area contributed by atoms with Gasteiger partial charge >= 0.3 is 18.3 Å². The van der Waals surface area contributed by atoms with Gasteiger partial charge in [-0.15, -0.1) is 10.2 Å². The second kappa shape index (κ2) is 10.7. The number of aromatic nitrogens is 2. The van der Waals surface area contributed by atoms with Gasteiger partial charge in [-0.3, -0.25) is 9.59 Å². The number of rotatable bonds is 7. The number of esters is 1. The smallest absolute Gasteiger partial charge is 0.416 e. The van der Waals surface area contributed by atoms with E-state index < -0.39 is 46.2 Å². The molecule has 3 aromatic rings. The first-order chi connectivity index (χ1) is 16.8. The standard InChI is InChI=1S/C20H13F6N3O5S2/c1-2-15(31)27-17-28-29-18(36-17)35-8-12-6-13(30)14(7-33-12)34-16(32)9-3-10(19(21,22)23)5-11(4-9)20(24,25)26/h3-7H,2,8H2,1H3,(H,27,28,31). The highest BCUT2D eigenvalue weighted by molar-refractivity contribution is 8.00. The van der Waals surface area contributed by atoms with E-state index in [4.69, 9.17) is 4.42 Å². The molecule has 0 aliphatic heterocycles. The van der Waals surface area contributed by atoms with Crippen LogP contribution in [0.25, 0.3) is 0 Å². The van der Waals surface area contributed by atoms with Crippen molar-refractivity contribution in [3.63, 3.8) is 0 Å². The van der Waals surface area contributed by atoms with Crippen LogP contribution in [-0.2, 0) is 22.9 Å². The molecule has 0 fully saturated rings. The van der Waals surface area contributed by atoms with Crippen molar-refractivity contribution in [3.8, 4) is 5.75 Å². The highest BCUT2D eigenvalue weighted by Crippen LogP contribution is 2.36. The third-order valence-electron chi connectivity index (χ3n) is 4.19. The molecule has 0 unspecified atom stereocenters. The van der Waals surface area contributed by atoms with Crippen LogP contribution in [0.5, 0.6) is 5.75 Å². The summed E-state index contributed by atoms with van der Waals surface area (Å²) in [5, 5.41) is 10.4. The first-order valence-corrected chi connectivity index (χ1v) is 11.5. The zero-order valence-corrected chi connectivity index (χ0v) is 19.5. The lowest BCUT2D eigenvalue weighted by Crippen LogP contribution is -2.18. The molecule has 36 heavy (non-hydrogen) atoms. The quantitative estimate of drug-likeness (QED) is 0.180. The monoisotopic (exact) mass is 553 g/mol. The summed E-state index contributed by atoms with van der Waals surface area (Å²) in [5.41, 5.74) is -5.38. The van der Waals surface area contributed by atoms with E-state index in [1.165, 1.54) is 0 Å². The summed E-state index contributed by atoms with van der Waals surface area (Å²) in [7, 11) is 0. The number of hydrogen-bond acceptors (Lipinski definition) is 9. The molecule has 0 saturated heterocycles. The Hall–Kier alpha value is -3.40. The molecule has 1 N–H and O–H groups in total. The number of halogens is 6. The molecule has 8 nitrogen and oxygen atoms in total. The van der Waals surface area contributed by atoms with Gasteiger partial charge in [0, 0.05) is 12.5 Å². The van der Waals surface area contributed by atoms with Crippen LogP contribution in [0.4, 0.5) is 31.5 Å². The lowest BCUT2D eigenvalue weighted by molar-refractivity contribution is -0.143. The summed E-state index contributed by atoms with van der Waals surface area (Å²) >= 11 is 2.18. The average Bonchev–Trinajstić information content (AvgIpc) is 3.24. The molecule has 1 amide bonds. The predicted molar refractivity (Wildman–Crippen MR) is 115 cm³/mol. The Morgan fingerprint density at radius 1 is 1.06 bits per heavy atom. The van der Waals surface area contributed by atoms with Crippen LogP contribution in [0, 0.1) is 0 Å². The van der Waals surface area contributed by atoms with Crippen molar-refractivity contribution in [2.45, 2.75) is 35.8 Å². The lowest BCUT2D eigenvalue weighted by Gasteiger charge is -2.13. The molecule has 0 aliphatic rings. The van der Waals surface area contributed by atoms with E-state index in [9.17, 15) is 40.7 Å². The van der Waals surface area contributed by atoms with Gasteiger partial charge in [-0.25, -0.2) is 4.79 Å². The van der Waals surface area contributed by atoms with Gasteiger partial charge in [0.2, 0.25) is 22.2 Å². The maximum absolute atomic E-state index is 13.0. The molecular weight excluding hydrogens is 540 g/mol. The number of ether oxygens (including phenoxy) is 1. The van der Waals surface area contributed by atoms with Crippen LogP contribution < -0.4 is 15.5 Å². The van der Waals surface area contributed by atoms with E-state index in [1.807, 2.05) is 0 Å². The SMILES string of the molecule is CCC(=O)Nc1nnc(SCc2cc(=O)c(OC(=O)c3cc(C(F)(F)F)cc(C(F)(F)F)c3)co2)s1. The van der Waals surface area contributed by atoms with E-state index in [-0.39, 0.29) is 47.2 Å². The summed E-state index contributed by atoms with van der Waals surface area (Å²) in [6.45, 7) is 1.66. The van der Waals surface area contributed by atoms with Gasteiger partial charge in [-0.05, 0) is 18.2 Å². The zero-order valence-electron chi connectivity index (χ0n) is 17.8. The van der Waals surface area contributed by atoms with Crippen molar-refractivity contribution in [2.24, 2.45) is 0 Å². The number of amides is 1. The van der Waals surface area contributed by atoms with Crippen LogP contribution in [0.3, 0.4) is 0 Å². The van der Waals surface area contributed by atoms with Gasteiger partial charge in [0.05, 0.1) is 22.4 Å². The molecule has 3 rings (SSSR count). The molecule has 2 heterocycles. The molecule has 0 radical (unpaired) electrons. The second-order valence-electron chi connectivity index (χ2n) is 6.82. The number of carbonyl (C=O) groups is 2. The van der Waals surface area contributed by atoms with E-state index in [2.05, 4.69) is 20.3 Å². The zero-order chi connectivity index (χ0) is 26.7. The number of carbonyl (C=O) groups excluding carboxylic acids is 2. The van der Waals surface area contributed by atoms with E-state index >= 15 is 0 Å². The number of nitrogens with one attached hydrogen (secondary N) is 1. The highest BCUT2D eigenvalue weighted by Gasteiger charge is 2.37. The van der Waals surface area contributed by atoms with Crippen LogP contribution in [0.1, 0.15) is 40.6 Å². The number of hydrogen-bond donors (Lipinski definition) is 1. The summed E-state index contributed by atoms with van der Waals surface area (Å²) < 4.78 is 88.2. The van der Waals surface area contributed by atoms with Crippen molar-refractivity contribution in [1.82, 2.24) is 10.2 Å². The highest BCUT2D eigenvalue weighted by atomic mass is 32.2. The van der Waals surface area contributed by atoms with Crippen LogP contribution in [0.2, 0.25) is 0 Å². The molecule has 0 aliphatic carbocycles. The Morgan fingerprint density at radius 3 is 2.25 bits per heavy atom. The molecule has 2 aromatic heterocycles. The third-order valence-corrected chi connectivity index (χ3v) is 6.18. The van der Waals surface area contributed by atoms with E-state index in [0.29, 0.717) is 10.6 Å². The first-order valence-electron chi connectivity index (χ1n) is 9.65. The summed E-state index contributed by atoms with van der Waals surface area (Å²) in [4.78, 5) is 35.8. The molecule has 1 aromatic carbocycles. The van der Waals surface area contributed by atoms with Crippen molar-refractivity contribution >= 4 is 40.1 Å². The van der Waals surface area contributed by atoms with Crippen LogP contribution in [-0.4, -0.2) is 22.1 Å². The Labute approximate surface area is 205 Å². The van der Waals surface area contributed by atoms with Gasteiger partial charge in [-0.1, -0.05) is 30.0 Å². The van der Waals surface area contributed by atoms with E-state index in [1.54, 1.807) is 6.92 Å². The number of nitrogens with zero attached hydrogens (tertiary/aromatic N) is 2. The van der Waals surface area contributed by atoms with E-state index in [0.717, 1.165) is 29.2 Å². The number of anilines is 1. The topological polar surface area (TPSA) is 111 Å². The summed E-state index contributed by atoms with van der Waals surface area (Å²) in [5.74, 6) is -2.43. The molecule has 0 bridgehead atoms.